The Morgan fingerprint density at radius 1 is 1.32 bits per heavy atom. The normalized spacial score (nSPS) is 19.5. The maximum absolute atomic E-state index is 13.5. The monoisotopic (exact) mass is 429 g/mol. The van der Waals surface area contributed by atoms with Crippen molar-refractivity contribution in [1.29, 1.82) is 0 Å². The van der Waals surface area contributed by atoms with E-state index in [0.717, 1.165) is 43.9 Å². The SMILES string of the molecule is CNCC1CCN(c2ncc(C3C=CC=C(OC)C3)n(CC(=O)NC(C)C)c2=O)CC1. The lowest BCUT2D eigenvalue weighted by Crippen LogP contribution is -2.43. The molecule has 3 rings (SSSR count). The van der Waals surface area contributed by atoms with Crippen molar-refractivity contribution in [3.63, 3.8) is 0 Å². The largest absolute Gasteiger partial charge is 0.501 e. The molecule has 8 nitrogen and oxygen atoms in total. The predicted octanol–water partition coefficient (Wildman–Crippen LogP) is 1.78. The number of ether oxygens (including phenoxy) is 1. The van der Waals surface area contributed by atoms with Gasteiger partial charge in [0.15, 0.2) is 5.82 Å². The van der Waals surface area contributed by atoms with Crippen LogP contribution in [0.25, 0.3) is 0 Å². The summed E-state index contributed by atoms with van der Waals surface area (Å²) >= 11 is 0. The van der Waals surface area contributed by atoms with Crippen molar-refractivity contribution >= 4 is 11.7 Å². The van der Waals surface area contributed by atoms with Gasteiger partial charge in [0.25, 0.3) is 5.56 Å². The van der Waals surface area contributed by atoms with Gasteiger partial charge in [-0.1, -0.05) is 12.2 Å². The highest BCUT2D eigenvalue weighted by Gasteiger charge is 2.26. The highest BCUT2D eigenvalue weighted by atomic mass is 16.5. The molecule has 31 heavy (non-hydrogen) atoms. The fourth-order valence-corrected chi connectivity index (χ4v) is 4.32. The lowest BCUT2D eigenvalue weighted by atomic mass is 9.95. The number of piperidine rings is 1. The highest BCUT2D eigenvalue weighted by molar-refractivity contribution is 5.76. The second-order valence-electron chi connectivity index (χ2n) is 8.64. The van der Waals surface area contributed by atoms with Crippen LogP contribution in [0.5, 0.6) is 0 Å². The third kappa shape index (κ3) is 5.76. The van der Waals surface area contributed by atoms with Gasteiger partial charge in [0, 0.05) is 43.4 Å². The maximum Gasteiger partial charge on any atom is 0.294 e. The van der Waals surface area contributed by atoms with E-state index in [9.17, 15) is 9.59 Å². The number of aromatic nitrogens is 2. The first kappa shape index (κ1) is 23.1. The summed E-state index contributed by atoms with van der Waals surface area (Å²) in [7, 11) is 3.61. The van der Waals surface area contributed by atoms with Crippen molar-refractivity contribution in [1.82, 2.24) is 20.2 Å². The van der Waals surface area contributed by atoms with E-state index in [2.05, 4.69) is 20.5 Å². The standard InChI is InChI=1S/C23H35N5O3/c1-16(2)26-21(29)15-28-20(18-6-5-7-19(12-18)31-4)14-25-22(23(28)30)27-10-8-17(9-11-27)13-24-3/h5-7,14,16-18,24H,8-13,15H2,1-4H3,(H,26,29). The number of hydrogen-bond acceptors (Lipinski definition) is 6. The lowest BCUT2D eigenvalue weighted by molar-refractivity contribution is -0.122. The minimum Gasteiger partial charge on any atom is -0.501 e. The summed E-state index contributed by atoms with van der Waals surface area (Å²) in [5, 5.41) is 6.13. The van der Waals surface area contributed by atoms with Crippen molar-refractivity contribution in [2.45, 2.75) is 51.6 Å². The van der Waals surface area contributed by atoms with Gasteiger partial charge in [-0.2, -0.15) is 0 Å². The van der Waals surface area contributed by atoms with Crippen LogP contribution in [0.1, 0.15) is 44.7 Å². The molecule has 170 valence electrons. The quantitative estimate of drug-likeness (QED) is 0.655. The molecule has 0 saturated carbocycles. The smallest absolute Gasteiger partial charge is 0.294 e. The number of rotatable bonds is 8. The lowest BCUT2D eigenvalue weighted by Gasteiger charge is -2.33. The van der Waals surface area contributed by atoms with Crippen molar-refractivity contribution in [3.05, 3.63) is 46.2 Å². The molecule has 1 unspecified atom stereocenters. The minimum absolute atomic E-state index is 0.0109. The van der Waals surface area contributed by atoms with Gasteiger partial charge in [0.2, 0.25) is 5.91 Å². The summed E-state index contributed by atoms with van der Waals surface area (Å²) in [6, 6.07) is 0.0109. The topological polar surface area (TPSA) is 88.5 Å². The van der Waals surface area contributed by atoms with Gasteiger partial charge in [-0.3, -0.25) is 14.2 Å². The summed E-state index contributed by atoms with van der Waals surface area (Å²) in [6.45, 7) is 6.39. The van der Waals surface area contributed by atoms with Crippen LogP contribution in [0.15, 0.2) is 35.0 Å². The van der Waals surface area contributed by atoms with E-state index in [-0.39, 0.29) is 30.0 Å². The van der Waals surface area contributed by atoms with Gasteiger partial charge in [-0.25, -0.2) is 4.98 Å². The zero-order valence-electron chi connectivity index (χ0n) is 19.1. The molecule has 0 aromatic carbocycles. The number of carbonyl (C=O) groups excluding carboxylic acids is 1. The summed E-state index contributed by atoms with van der Waals surface area (Å²) in [6.07, 6.45) is 10.3. The van der Waals surface area contributed by atoms with Gasteiger partial charge in [0.1, 0.15) is 6.54 Å². The second kappa shape index (κ2) is 10.6. The first-order valence-corrected chi connectivity index (χ1v) is 11.1. The predicted molar refractivity (Wildman–Crippen MR) is 122 cm³/mol. The van der Waals surface area contributed by atoms with Gasteiger partial charge < -0.3 is 20.3 Å². The van der Waals surface area contributed by atoms with E-state index < -0.39 is 0 Å². The summed E-state index contributed by atoms with van der Waals surface area (Å²) in [4.78, 5) is 32.7. The van der Waals surface area contributed by atoms with Crippen molar-refractivity contribution < 1.29 is 9.53 Å². The summed E-state index contributed by atoms with van der Waals surface area (Å²) < 4.78 is 7.00. The van der Waals surface area contributed by atoms with Gasteiger partial charge in [-0.15, -0.1) is 0 Å². The summed E-state index contributed by atoms with van der Waals surface area (Å²) in [5.41, 5.74) is 0.530. The van der Waals surface area contributed by atoms with E-state index in [1.165, 1.54) is 0 Å². The first-order valence-electron chi connectivity index (χ1n) is 11.1. The molecule has 1 fully saturated rings. The number of hydrogen-bond donors (Lipinski definition) is 2. The van der Waals surface area contributed by atoms with Crippen LogP contribution in [0.4, 0.5) is 5.82 Å². The van der Waals surface area contributed by atoms with Crippen molar-refractivity contribution in [3.8, 4) is 0 Å². The zero-order valence-corrected chi connectivity index (χ0v) is 19.1. The molecule has 8 heteroatoms. The number of nitrogens with one attached hydrogen (secondary N) is 2. The van der Waals surface area contributed by atoms with Crippen LogP contribution < -0.4 is 21.1 Å². The molecule has 0 bridgehead atoms. The Balaban J connectivity index is 1.90. The molecule has 1 atom stereocenters. The van der Waals surface area contributed by atoms with E-state index in [0.29, 0.717) is 18.2 Å². The van der Waals surface area contributed by atoms with Gasteiger partial charge in [-0.05, 0) is 52.3 Å². The number of allylic oxidation sites excluding steroid dienone is 4. The third-order valence-corrected chi connectivity index (χ3v) is 5.91. The molecule has 1 aliphatic heterocycles. The molecule has 2 N–H and O–H groups in total. The molecule has 1 saturated heterocycles. The van der Waals surface area contributed by atoms with Crippen LogP contribution in [0, 0.1) is 5.92 Å². The zero-order chi connectivity index (χ0) is 22.4. The number of methoxy groups -OCH3 is 1. The molecule has 1 aromatic heterocycles. The Morgan fingerprint density at radius 3 is 2.71 bits per heavy atom. The Kier molecular flexibility index (Phi) is 7.90. The van der Waals surface area contributed by atoms with Crippen LogP contribution in [-0.2, 0) is 16.1 Å². The Hall–Kier alpha value is -2.61. The van der Waals surface area contributed by atoms with E-state index in [4.69, 9.17) is 4.74 Å². The number of amides is 1. The van der Waals surface area contributed by atoms with Crippen molar-refractivity contribution in [2.75, 3.05) is 38.7 Å². The second-order valence-corrected chi connectivity index (χ2v) is 8.64. The van der Waals surface area contributed by atoms with Gasteiger partial charge >= 0.3 is 0 Å². The molecule has 1 amide bonds. The maximum atomic E-state index is 13.5. The van der Waals surface area contributed by atoms with Crippen LogP contribution in [-0.4, -0.2) is 55.3 Å². The van der Waals surface area contributed by atoms with Gasteiger partial charge in [0.05, 0.1) is 12.9 Å². The molecule has 1 aliphatic carbocycles. The molecule has 0 radical (unpaired) electrons. The van der Waals surface area contributed by atoms with E-state index >= 15 is 0 Å². The average Bonchev–Trinajstić information content (AvgIpc) is 2.75. The van der Waals surface area contributed by atoms with Crippen LogP contribution >= 0.6 is 0 Å². The molecule has 0 spiro atoms. The molecular weight excluding hydrogens is 394 g/mol. The number of carbonyl (C=O) groups is 1. The molecular formula is C23H35N5O3. The number of nitrogens with zero attached hydrogens (tertiary/aromatic N) is 3. The van der Waals surface area contributed by atoms with Crippen LogP contribution in [0.3, 0.4) is 0 Å². The average molecular weight is 430 g/mol. The summed E-state index contributed by atoms with van der Waals surface area (Å²) in [5.74, 6) is 1.65. The number of anilines is 1. The van der Waals surface area contributed by atoms with E-state index in [1.54, 1.807) is 17.9 Å². The molecule has 2 aliphatic rings. The van der Waals surface area contributed by atoms with Crippen LogP contribution in [0.2, 0.25) is 0 Å². The first-order chi connectivity index (χ1) is 14.9. The highest BCUT2D eigenvalue weighted by Crippen LogP contribution is 2.29. The Labute approximate surface area is 184 Å². The Morgan fingerprint density at radius 2 is 2.06 bits per heavy atom. The van der Waals surface area contributed by atoms with Crippen molar-refractivity contribution in [2.24, 2.45) is 5.92 Å². The third-order valence-electron chi connectivity index (χ3n) is 5.91. The fourth-order valence-electron chi connectivity index (χ4n) is 4.32. The van der Waals surface area contributed by atoms with E-state index in [1.807, 2.05) is 39.1 Å². The fraction of sp³-hybridized carbons (Fsp3) is 0.609. The Bertz CT molecular complexity index is 882. The minimum atomic E-state index is -0.203. The molecule has 2 heterocycles. The molecule has 1 aromatic rings.